The summed E-state index contributed by atoms with van der Waals surface area (Å²) in [5, 5.41) is 9.81. The number of hydrogen-bond acceptors (Lipinski definition) is 9. The average molecular weight is 564 g/mol. The molecule has 0 radical (unpaired) electrons. The third-order valence-corrected chi connectivity index (χ3v) is 8.53. The van der Waals surface area contributed by atoms with E-state index in [4.69, 9.17) is 19.2 Å². The molecule has 3 heterocycles. The summed E-state index contributed by atoms with van der Waals surface area (Å²) < 4.78 is 42.3. The van der Waals surface area contributed by atoms with Crippen LogP contribution in [0.5, 0.6) is 11.5 Å². The van der Waals surface area contributed by atoms with Crippen LogP contribution >= 0.6 is 0 Å². The van der Waals surface area contributed by atoms with Crippen molar-refractivity contribution in [1.29, 1.82) is 5.26 Å². The number of methoxy groups -OCH3 is 1. The van der Waals surface area contributed by atoms with Crippen LogP contribution in [0, 0.1) is 11.3 Å². The second kappa shape index (κ2) is 12.2. The molecule has 3 aromatic rings. The number of anilines is 1. The van der Waals surface area contributed by atoms with E-state index < -0.39 is 10.0 Å². The van der Waals surface area contributed by atoms with Crippen LogP contribution in [-0.2, 0) is 21.2 Å². The van der Waals surface area contributed by atoms with E-state index in [9.17, 15) is 13.7 Å². The summed E-state index contributed by atoms with van der Waals surface area (Å²) in [4.78, 5) is 11.5. The van der Waals surface area contributed by atoms with Gasteiger partial charge in [-0.3, -0.25) is 0 Å². The van der Waals surface area contributed by atoms with Gasteiger partial charge in [0.05, 0.1) is 43.5 Å². The topological polar surface area (TPSA) is 118 Å². The maximum Gasteiger partial charge on any atom is 0.211 e. The first-order valence-electron chi connectivity index (χ1n) is 13.3. The van der Waals surface area contributed by atoms with Crippen molar-refractivity contribution in [2.24, 2.45) is 0 Å². The maximum absolute atomic E-state index is 11.8. The van der Waals surface area contributed by atoms with Crippen molar-refractivity contribution in [2.45, 2.75) is 25.4 Å². The summed E-state index contributed by atoms with van der Waals surface area (Å²) >= 11 is 0. The standard InChI is InChI=1S/C29H33N5O5S/c1-37-28-17-21(3-5-26(28)33-13-15-38-16-14-33)18-29-31-10-7-25(32-29)22-4-6-27(23(19-22)20-30)39-24-8-11-34(12-9-24)40(2,35)36/h3-7,10,17,19,24H,8-9,11-16,18H2,1-2H3. The second-order valence-corrected chi connectivity index (χ2v) is 11.9. The van der Waals surface area contributed by atoms with E-state index in [2.05, 4.69) is 28.1 Å². The molecule has 1 aromatic heterocycles. The Hall–Kier alpha value is -3.72. The monoisotopic (exact) mass is 563 g/mol. The fourth-order valence-electron chi connectivity index (χ4n) is 5.07. The Balaban J connectivity index is 1.29. The van der Waals surface area contributed by atoms with Gasteiger partial charge in [-0.05, 0) is 54.8 Å². The summed E-state index contributed by atoms with van der Waals surface area (Å²) in [6, 6.07) is 15.7. The van der Waals surface area contributed by atoms with E-state index in [1.807, 2.05) is 18.2 Å². The van der Waals surface area contributed by atoms with Gasteiger partial charge in [0.1, 0.15) is 29.5 Å². The molecule has 0 aliphatic carbocycles. The number of piperidine rings is 1. The van der Waals surface area contributed by atoms with E-state index >= 15 is 0 Å². The first-order valence-corrected chi connectivity index (χ1v) is 15.2. The number of hydrogen-bond donors (Lipinski definition) is 0. The van der Waals surface area contributed by atoms with Gasteiger partial charge in [-0.1, -0.05) is 6.07 Å². The molecule has 2 saturated heterocycles. The number of aromatic nitrogens is 2. The zero-order chi connectivity index (χ0) is 28.1. The summed E-state index contributed by atoms with van der Waals surface area (Å²) in [7, 11) is -1.52. The third kappa shape index (κ3) is 6.53. The van der Waals surface area contributed by atoms with Crippen molar-refractivity contribution in [3.8, 4) is 28.8 Å². The summed E-state index contributed by atoms with van der Waals surface area (Å²) in [6.07, 6.45) is 4.49. The minimum absolute atomic E-state index is 0.145. The molecule has 0 atom stereocenters. The largest absolute Gasteiger partial charge is 0.495 e. The molecule has 10 nitrogen and oxygen atoms in total. The highest BCUT2D eigenvalue weighted by molar-refractivity contribution is 7.88. The van der Waals surface area contributed by atoms with Gasteiger partial charge in [0.2, 0.25) is 10.0 Å². The molecule has 2 aliphatic heterocycles. The lowest BCUT2D eigenvalue weighted by Gasteiger charge is -2.30. The van der Waals surface area contributed by atoms with Crippen LogP contribution < -0.4 is 14.4 Å². The van der Waals surface area contributed by atoms with Crippen molar-refractivity contribution in [3.05, 3.63) is 65.6 Å². The van der Waals surface area contributed by atoms with Crippen molar-refractivity contribution < 1.29 is 22.6 Å². The van der Waals surface area contributed by atoms with Crippen molar-refractivity contribution in [3.63, 3.8) is 0 Å². The van der Waals surface area contributed by atoms with Gasteiger partial charge in [0.25, 0.3) is 0 Å². The van der Waals surface area contributed by atoms with Gasteiger partial charge in [0, 0.05) is 44.4 Å². The van der Waals surface area contributed by atoms with Crippen LogP contribution in [0.1, 0.15) is 29.8 Å². The lowest BCUT2D eigenvalue weighted by molar-refractivity contribution is 0.122. The molecule has 0 spiro atoms. The smallest absolute Gasteiger partial charge is 0.211 e. The highest BCUT2D eigenvalue weighted by Crippen LogP contribution is 2.31. The van der Waals surface area contributed by atoms with Crippen LogP contribution in [-0.4, -0.2) is 81.6 Å². The second-order valence-electron chi connectivity index (χ2n) is 9.94. The zero-order valence-corrected chi connectivity index (χ0v) is 23.6. The van der Waals surface area contributed by atoms with Gasteiger partial charge >= 0.3 is 0 Å². The predicted molar refractivity (Wildman–Crippen MR) is 151 cm³/mol. The number of ether oxygens (including phenoxy) is 3. The number of sulfonamides is 1. The van der Waals surface area contributed by atoms with Crippen LogP contribution in [0.15, 0.2) is 48.7 Å². The number of rotatable bonds is 8. The lowest BCUT2D eigenvalue weighted by atomic mass is 10.1. The average Bonchev–Trinajstić information content (AvgIpc) is 2.97. The van der Waals surface area contributed by atoms with Gasteiger partial charge < -0.3 is 19.1 Å². The number of nitrogens with zero attached hydrogens (tertiary/aromatic N) is 5. The molecule has 2 fully saturated rings. The molecular formula is C29H33N5O5S. The quantitative estimate of drug-likeness (QED) is 0.407. The minimum atomic E-state index is -3.20. The Morgan fingerprint density at radius 1 is 1.05 bits per heavy atom. The van der Waals surface area contributed by atoms with E-state index in [0.29, 0.717) is 68.4 Å². The number of morpholine rings is 1. The molecule has 2 aromatic carbocycles. The van der Waals surface area contributed by atoms with Crippen molar-refractivity contribution in [2.75, 3.05) is 57.7 Å². The van der Waals surface area contributed by atoms with Crippen LogP contribution in [0.2, 0.25) is 0 Å². The first kappa shape index (κ1) is 27.8. The molecule has 0 N–H and O–H groups in total. The highest BCUT2D eigenvalue weighted by Gasteiger charge is 2.26. The van der Waals surface area contributed by atoms with E-state index in [1.165, 1.54) is 10.6 Å². The third-order valence-electron chi connectivity index (χ3n) is 7.22. The normalized spacial score (nSPS) is 16.9. The van der Waals surface area contributed by atoms with E-state index in [1.54, 1.807) is 25.4 Å². The summed E-state index contributed by atoms with van der Waals surface area (Å²) in [5.74, 6) is 1.97. The van der Waals surface area contributed by atoms with Crippen molar-refractivity contribution in [1.82, 2.24) is 14.3 Å². The molecule has 0 saturated carbocycles. The molecule has 11 heteroatoms. The van der Waals surface area contributed by atoms with Gasteiger partial charge in [-0.15, -0.1) is 0 Å². The minimum Gasteiger partial charge on any atom is -0.495 e. The first-order chi connectivity index (χ1) is 19.3. The van der Waals surface area contributed by atoms with E-state index in [-0.39, 0.29) is 6.10 Å². The number of nitriles is 1. The Bertz CT molecular complexity index is 1490. The van der Waals surface area contributed by atoms with Crippen LogP contribution in [0.25, 0.3) is 11.3 Å². The van der Waals surface area contributed by atoms with Gasteiger partial charge in [-0.2, -0.15) is 5.26 Å². The molecule has 0 unspecified atom stereocenters. The van der Waals surface area contributed by atoms with Crippen LogP contribution in [0.3, 0.4) is 0 Å². The van der Waals surface area contributed by atoms with E-state index in [0.717, 1.165) is 35.7 Å². The fraction of sp³-hybridized carbons (Fsp3) is 0.414. The van der Waals surface area contributed by atoms with Crippen LogP contribution in [0.4, 0.5) is 5.69 Å². The lowest BCUT2D eigenvalue weighted by Crippen LogP contribution is -2.41. The Morgan fingerprint density at radius 3 is 2.52 bits per heavy atom. The highest BCUT2D eigenvalue weighted by atomic mass is 32.2. The summed E-state index contributed by atoms with van der Waals surface area (Å²) in [6.45, 7) is 3.90. The molecular weight excluding hydrogens is 530 g/mol. The maximum atomic E-state index is 11.8. The molecule has 40 heavy (non-hydrogen) atoms. The molecule has 210 valence electrons. The summed E-state index contributed by atoms with van der Waals surface area (Å²) in [5.41, 5.74) is 4.00. The molecule has 0 amide bonds. The predicted octanol–water partition coefficient (Wildman–Crippen LogP) is 3.25. The molecule has 0 bridgehead atoms. The van der Waals surface area contributed by atoms with Crippen molar-refractivity contribution >= 4 is 15.7 Å². The van der Waals surface area contributed by atoms with Gasteiger partial charge in [-0.25, -0.2) is 22.7 Å². The Kier molecular flexibility index (Phi) is 8.49. The fourth-order valence-corrected chi connectivity index (χ4v) is 5.94. The zero-order valence-electron chi connectivity index (χ0n) is 22.7. The SMILES string of the molecule is COc1cc(Cc2nccc(-c3ccc(OC4CCN(S(C)(=O)=O)CC4)c(C#N)c3)n2)ccc1N1CCOCC1. The number of benzene rings is 2. The Morgan fingerprint density at radius 2 is 1.82 bits per heavy atom. The molecule has 2 aliphatic rings. The Labute approximate surface area is 235 Å². The molecule has 5 rings (SSSR count). The van der Waals surface area contributed by atoms with Gasteiger partial charge in [0.15, 0.2) is 0 Å².